The first-order valence-corrected chi connectivity index (χ1v) is 9.40. The first-order chi connectivity index (χ1) is 13.1. The van der Waals surface area contributed by atoms with Gasteiger partial charge in [-0.15, -0.1) is 0 Å². The zero-order valence-corrected chi connectivity index (χ0v) is 15.6. The van der Waals surface area contributed by atoms with Crippen LogP contribution >= 0.6 is 0 Å². The molecular weight excluding hydrogens is 343 g/mol. The van der Waals surface area contributed by atoms with Crippen molar-refractivity contribution in [3.05, 3.63) is 64.7 Å². The van der Waals surface area contributed by atoms with Crippen molar-refractivity contribution in [3.63, 3.8) is 0 Å². The van der Waals surface area contributed by atoms with Crippen LogP contribution in [0.4, 0.5) is 10.3 Å². The molecule has 0 aliphatic heterocycles. The predicted octanol–water partition coefficient (Wildman–Crippen LogP) is 4.16. The summed E-state index contributed by atoms with van der Waals surface area (Å²) in [4.78, 5) is 20.9. The summed E-state index contributed by atoms with van der Waals surface area (Å²) in [5, 5.41) is 5.94. The lowest BCUT2D eigenvalue weighted by Crippen LogP contribution is -2.26. The number of aromatic nitrogens is 2. The fourth-order valence-electron chi connectivity index (χ4n) is 3.15. The number of allylic oxidation sites excluding steroid dienone is 1. The minimum Gasteiger partial charge on any atom is -0.352 e. The van der Waals surface area contributed by atoms with Crippen molar-refractivity contribution in [1.29, 1.82) is 0 Å². The highest BCUT2D eigenvalue weighted by molar-refractivity contribution is 5.94. The van der Waals surface area contributed by atoms with Crippen LogP contribution in [0.1, 0.15) is 53.7 Å². The third kappa shape index (κ3) is 5.36. The molecule has 0 unspecified atom stereocenters. The largest absolute Gasteiger partial charge is 0.352 e. The van der Waals surface area contributed by atoms with Crippen molar-refractivity contribution in [2.45, 2.75) is 45.6 Å². The Hall–Kier alpha value is -2.76. The lowest BCUT2D eigenvalue weighted by molar-refractivity contribution is 0.0952. The zero-order chi connectivity index (χ0) is 19.1. The van der Waals surface area contributed by atoms with Crippen molar-refractivity contribution in [1.82, 2.24) is 15.3 Å². The summed E-state index contributed by atoms with van der Waals surface area (Å²) >= 11 is 0. The second-order valence-electron chi connectivity index (χ2n) is 6.75. The molecule has 0 spiro atoms. The van der Waals surface area contributed by atoms with Gasteiger partial charge in [0.15, 0.2) is 0 Å². The Labute approximate surface area is 159 Å². The molecule has 6 heteroatoms. The zero-order valence-electron chi connectivity index (χ0n) is 15.6. The van der Waals surface area contributed by atoms with Gasteiger partial charge in [-0.2, -0.15) is 0 Å². The number of benzene rings is 1. The molecule has 0 saturated carbocycles. The third-order valence-corrected chi connectivity index (χ3v) is 4.74. The molecule has 27 heavy (non-hydrogen) atoms. The number of nitrogens with zero attached hydrogens (tertiary/aromatic N) is 2. The number of aryl methyl sites for hydroxylation is 1. The molecule has 1 heterocycles. The highest BCUT2D eigenvalue weighted by Crippen LogP contribution is 2.19. The van der Waals surface area contributed by atoms with Gasteiger partial charge in [-0.1, -0.05) is 29.8 Å². The van der Waals surface area contributed by atoms with E-state index in [0.717, 1.165) is 19.3 Å². The summed E-state index contributed by atoms with van der Waals surface area (Å²) in [6, 6.07) is 6.55. The monoisotopic (exact) mass is 368 g/mol. The molecule has 1 aromatic carbocycles. The van der Waals surface area contributed by atoms with Crippen LogP contribution in [0.2, 0.25) is 0 Å². The number of amides is 1. The van der Waals surface area contributed by atoms with Gasteiger partial charge in [0.05, 0.1) is 11.3 Å². The van der Waals surface area contributed by atoms with Gasteiger partial charge < -0.3 is 10.6 Å². The van der Waals surface area contributed by atoms with Crippen LogP contribution in [0.25, 0.3) is 0 Å². The quantitative estimate of drug-likeness (QED) is 0.720. The molecule has 0 radical (unpaired) electrons. The molecule has 1 amide bonds. The van der Waals surface area contributed by atoms with Crippen molar-refractivity contribution in [2.75, 3.05) is 11.9 Å². The van der Waals surface area contributed by atoms with Crippen molar-refractivity contribution >= 4 is 11.9 Å². The molecule has 2 N–H and O–H groups in total. The van der Waals surface area contributed by atoms with E-state index in [4.69, 9.17) is 0 Å². The van der Waals surface area contributed by atoms with Gasteiger partial charge in [0.2, 0.25) is 5.95 Å². The predicted molar refractivity (Wildman–Crippen MR) is 104 cm³/mol. The van der Waals surface area contributed by atoms with Crippen LogP contribution in [-0.2, 0) is 6.54 Å². The Kier molecular flexibility index (Phi) is 6.52. The molecule has 0 saturated heterocycles. The standard InChI is InChI=1S/C21H25FN4O/c1-15-18(20(27)23-12-11-16-7-3-2-4-8-16)14-25-21(26-15)24-13-17-9-5-6-10-19(17)22/h5-7,9-10,14H,2-4,8,11-13H2,1H3,(H,23,27)(H,24,25,26). The summed E-state index contributed by atoms with van der Waals surface area (Å²) in [6.07, 6.45) is 9.50. The van der Waals surface area contributed by atoms with Gasteiger partial charge in [-0.3, -0.25) is 4.79 Å². The van der Waals surface area contributed by atoms with Crippen molar-refractivity contribution in [2.24, 2.45) is 0 Å². The molecule has 0 fully saturated rings. The number of hydrogen-bond acceptors (Lipinski definition) is 4. The molecule has 3 rings (SSSR count). The van der Waals surface area contributed by atoms with Gasteiger partial charge in [0, 0.05) is 24.8 Å². The second kappa shape index (κ2) is 9.26. The number of carbonyl (C=O) groups excluding carboxylic acids is 1. The van der Waals surface area contributed by atoms with Crippen LogP contribution < -0.4 is 10.6 Å². The average molecular weight is 368 g/mol. The van der Waals surface area contributed by atoms with Crippen LogP contribution in [-0.4, -0.2) is 22.4 Å². The van der Waals surface area contributed by atoms with E-state index in [-0.39, 0.29) is 18.3 Å². The van der Waals surface area contributed by atoms with Gasteiger partial charge in [0.25, 0.3) is 5.91 Å². The molecule has 5 nitrogen and oxygen atoms in total. The molecular formula is C21H25FN4O. The molecule has 1 aromatic heterocycles. The second-order valence-corrected chi connectivity index (χ2v) is 6.75. The van der Waals surface area contributed by atoms with E-state index in [1.807, 2.05) is 0 Å². The van der Waals surface area contributed by atoms with E-state index >= 15 is 0 Å². The van der Waals surface area contributed by atoms with Gasteiger partial charge in [0.1, 0.15) is 5.82 Å². The number of hydrogen-bond donors (Lipinski definition) is 2. The molecule has 142 valence electrons. The van der Waals surface area contributed by atoms with E-state index < -0.39 is 0 Å². The van der Waals surface area contributed by atoms with Gasteiger partial charge >= 0.3 is 0 Å². The molecule has 1 aliphatic rings. The van der Waals surface area contributed by atoms with Gasteiger partial charge in [-0.25, -0.2) is 14.4 Å². The summed E-state index contributed by atoms with van der Waals surface area (Å²) in [7, 11) is 0. The summed E-state index contributed by atoms with van der Waals surface area (Å²) < 4.78 is 13.7. The lowest BCUT2D eigenvalue weighted by Gasteiger charge is -2.13. The van der Waals surface area contributed by atoms with E-state index in [2.05, 4.69) is 26.7 Å². The van der Waals surface area contributed by atoms with Crippen LogP contribution in [0.15, 0.2) is 42.1 Å². The smallest absolute Gasteiger partial charge is 0.254 e. The van der Waals surface area contributed by atoms with E-state index in [1.54, 1.807) is 25.1 Å². The Balaban J connectivity index is 1.53. The van der Waals surface area contributed by atoms with E-state index in [9.17, 15) is 9.18 Å². The first kappa shape index (κ1) is 19.0. The topological polar surface area (TPSA) is 66.9 Å². The Morgan fingerprint density at radius 1 is 1.26 bits per heavy atom. The van der Waals surface area contributed by atoms with E-state index in [1.165, 1.54) is 30.7 Å². The summed E-state index contributed by atoms with van der Waals surface area (Å²) in [5.41, 5.74) is 3.03. The molecule has 2 aromatic rings. The number of nitrogens with one attached hydrogen (secondary N) is 2. The number of carbonyl (C=O) groups is 1. The highest BCUT2D eigenvalue weighted by atomic mass is 19.1. The fourth-order valence-corrected chi connectivity index (χ4v) is 3.15. The molecule has 0 atom stereocenters. The third-order valence-electron chi connectivity index (χ3n) is 4.74. The Morgan fingerprint density at radius 2 is 2.11 bits per heavy atom. The maximum Gasteiger partial charge on any atom is 0.254 e. The van der Waals surface area contributed by atoms with Crippen molar-refractivity contribution in [3.8, 4) is 0 Å². The Morgan fingerprint density at radius 3 is 2.85 bits per heavy atom. The van der Waals surface area contributed by atoms with Crippen LogP contribution in [0.5, 0.6) is 0 Å². The maximum absolute atomic E-state index is 13.7. The van der Waals surface area contributed by atoms with E-state index in [0.29, 0.717) is 29.3 Å². The number of rotatable bonds is 7. The van der Waals surface area contributed by atoms with Crippen LogP contribution in [0, 0.1) is 12.7 Å². The highest BCUT2D eigenvalue weighted by Gasteiger charge is 2.12. The minimum atomic E-state index is -0.272. The molecule has 1 aliphatic carbocycles. The normalized spacial score (nSPS) is 13.8. The minimum absolute atomic E-state index is 0.162. The fraction of sp³-hybridized carbons (Fsp3) is 0.381. The molecule has 0 bridgehead atoms. The maximum atomic E-state index is 13.7. The average Bonchev–Trinajstić information content (AvgIpc) is 2.68. The number of halogens is 1. The van der Waals surface area contributed by atoms with Crippen LogP contribution in [0.3, 0.4) is 0 Å². The number of anilines is 1. The Bertz CT molecular complexity index is 835. The van der Waals surface area contributed by atoms with Gasteiger partial charge in [-0.05, 0) is 45.1 Å². The van der Waals surface area contributed by atoms with Crippen molar-refractivity contribution < 1.29 is 9.18 Å². The first-order valence-electron chi connectivity index (χ1n) is 9.40. The summed E-state index contributed by atoms with van der Waals surface area (Å²) in [5.74, 6) is -0.0602. The lowest BCUT2D eigenvalue weighted by atomic mass is 9.97. The SMILES string of the molecule is Cc1nc(NCc2ccccc2F)ncc1C(=O)NCCC1=CCCCC1. The summed E-state index contributed by atoms with van der Waals surface area (Å²) in [6.45, 7) is 2.68.